The Morgan fingerprint density at radius 3 is 2.87 bits per heavy atom. The summed E-state index contributed by atoms with van der Waals surface area (Å²) in [6.07, 6.45) is 0.778. The number of carbonyl (C=O) groups is 2. The SMILES string of the molecule is CCNC(=O)N(CC(=O)N1CCc2sccc2[C@H]1COc1cccc(F)c1)CC(C)C. The fourth-order valence-electron chi connectivity index (χ4n) is 3.78. The lowest BCUT2D eigenvalue weighted by atomic mass is 10.0. The molecule has 1 aromatic carbocycles. The fraction of sp³-hybridized carbons (Fsp3) is 0.478. The lowest BCUT2D eigenvalue weighted by Crippen LogP contribution is -2.50. The molecule has 8 heteroatoms. The third-order valence-electron chi connectivity index (χ3n) is 5.15. The number of amides is 3. The third kappa shape index (κ3) is 5.97. The first-order valence-electron chi connectivity index (χ1n) is 10.7. The Balaban J connectivity index is 1.76. The van der Waals surface area contributed by atoms with Gasteiger partial charge >= 0.3 is 6.03 Å². The van der Waals surface area contributed by atoms with Crippen molar-refractivity contribution in [1.82, 2.24) is 15.1 Å². The van der Waals surface area contributed by atoms with Crippen molar-refractivity contribution in [3.05, 3.63) is 52.0 Å². The molecule has 1 atom stereocenters. The number of urea groups is 1. The molecule has 3 amide bonds. The normalized spacial score (nSPS) is 15.5. The fourth-order valence-corrected chi connectivity index (χ4v) is 4.71. The lowest BCUT2D eigenvalue weighted by molar-refractivity contribution is -0.135. The zero-order valence-corrected chi connectivity index (χ0v) is 19.1. The van der Waals surface area contributed by atoms with E-state index in [2.05, 4.69) is 5.32 Å². The summed E-state index contributed by atoms with van der Waals surface area (Å²) in [5.74, 6) is 0.194. The first-order valence-corrected chi connectivity index (χ1v) is 11.5. The second kappa shape index (κ2) is 10.6. The van der Waals surface area contributed by atoms with E-state index in [0.717, 1.165) is 12.0 Å². The van der Waals surface area contributed by atoms with Crippen LogP contribution in [0.15, 0.2) is 35.7 Å². The number of hydrogen-bond acceptors (Lipinski definition) is 4. The molecule has 0 fully saturated rings. The highest BCUT2D eigenvalue weighted by Crippen LogP contribution is 2.34. The number of halogens is 1. The quantitative estimate of drug-likeness (QED) is 0.663. The van der Waals surface area contributed by atoms with Gasteiger partial charge in [-0.3, -0.25) is 4.79 Å². The molecular weight excluding hydrogens is 417 g/mol. The van der Waals surface area contributed by atoms with Crippen molar-refractivity contribution in [3.8, 4) is 5.75 Å². The Hall–Kier alpha value is -2.61. The van der Waals surface area contributed by atoms with Crippen molar-refractivity contribution in [3.63, 3.8) is 0 Å². The Morgan fingerprint density at radius 1 is 1.35 bits per heavy atom. The van der Waals surface area contributed by atoms with E-state index in [0.29, 0.717) is 25.4 Å². The molecule has 0 saturated heterocycles. The van der Waals surface area contributed by atoms with Gasteiger partial charge in [0.15, 0.2) is 0 Å². The Morgan fingerprint density at radius 2 is 2.16 bits per heavy atom. The van der Waals surface area contributed by atoms with E-state index >= 15 is 0 Å². The summed E-state index contributed by atoms with van der Waals surface area (Å²) < 4.78 is 19.4. The molecule has 1 aliphatic heterocycles. The Kier molecular flexibility index (Phi) is 7.90. The van der Waals surface area contributed by atoms with Gasteiger partial charge in [0.1, 0.15) is 24.7 Å². The molecule has 31 heavy (non-hydrogen) atoms. The van der Waals surface area contributed by atoms with Gasteiger partial charge in [0.05, 0.1) is 6.04 Å². The van der Waals surface area contributed by atoms with Crippen LogP contribution < -0.4 is 10.1 Å². The lowest BCUT2D eigenvalue weighted by Gasteiger charge is -2.37. The van der Waals surface area contributed by atoms with Crippen LogP contribution in [0.25, 0.3) is 0 Å². The molecule has 0 saturated carbocycles. The first-order chi connectivity index (χ1) is 14.9. The third-order valence-corrected chi connectivity index (χ3v) is 6.14. The van der Waals surface area contributed by atoms with E-state index in [1.54, 1.807) is 33.3 Å². The summed E-state index contributed by atoms with van der Waals surface area (Å²) in [4.78, 5) is 30.4. The molecule has 2 aromatic rings. The van der Waals surface area contributed by atoms with Crippen molar-refractivity contribution in [1.29, 1.82) is 0 Å². The number of carbonyl (C=O) groups excluding carboxylic acids is 2. The summed E-state index contributed by atoms with van der Waals surface area (Å²) in [7, 11) is 0. The van der Waals surface area contributed by atoms with Crippen LogP contribution in [0.4, 0.5) is 9.18 Å². The van der Waals surface area contributed by atoms with Crippen molar-refractivity contribution in [2.75, 3.05) is 32.8 Å². The van der Waals surface area contributed by atoms with Gasteiger partial charge in [-0.1, -0.05) is 19.9 Å². The van der Waals surface area contributed by atoms with Gasteiger partial charge in [-0.15, -0.1) is 11.3 Å². The second-order valence-corrected chi connectivity index (χ2v) is 9.03. The minimum atomic E-state index is -0.364. The number of fused-ring (bicyclic) bond motifs is 1. The van der Waals surface area contributed by atoms with Gasteiger partial charge in [0.2, 0.25) is 5.91 Å². The number of thiophene rings is 1. The second-order valence-electron chi connectivity index (χ2n) is 8.03. The standard InChI is InChI=1S/C23H30FN3O3S/c1-4-25-23(29)26(13-16(2)3)14-22(28)27-10-8-21-19(9-11-31-21)20(27)15-30-18-7-5-6-17(24)12-18/h5-7,9,11-12,16,20H,4,8,10,13-15H2,1-3H3,(H,25,29)/t20-/m1/s1. The molecule has 0 aliphatic carbocycles. The molecule has 0 unspecified atom stereocenters. The summed E-state index contributed by atoms with van der Waals surface area (Å²) in [5.41, 5.74) is 1.06. The number of nitrogens with zero attached hydrogens (tertiary/aromatic N) is 2. The molecule has 6 nitrogen and oxygen atoms in total. The van der Waals surface area contributed by atoms with Crippen LogP contribution in [0.1, 0.15) is 37.3 Å². The maximum Gasteiger partial charge on any atom is 0.317 e. The van der Waals surface area contributed by atoms with Gasteiger partial charge in [0, 0.05) is 30.6 Å². The number of benzene rings is 1. The van der Waals surface area contributed by atoms with Crippen LogP contribution in [0, 0.1) is 11.7 Å². The van der Waals surface area contributed by atoms with Crippen LogP contribution in [-0.2, 0) is 11.2 Å². The van der Waals surface area contributed by atoms with E-state index in [-0.39, 0.29) is 42.9 Å². The Bertz CT molecular complexity index is 902. The predicted molar refractivity (Wildman–Crippen MR) is 120 cm³/mol. The van der Waals surface area contributed by atoms with Gasteiger partial charge in [-0.05, 0) is 48.4 Å². The predicted octanol–water partition coefficient (Wildman–Crippen LogP) is 4.08. The summed E-state index contributed by atoms with van der Waals surface area (Å²) in [5, 5.41) is 4.81. The first kappa shape index (κ1) is 23.1. The van der Waals surface area contributed by atoms with Crippen LogP contribution in [0.5, 0.6) is 5.75 Å². The summed E-state index contributed by atoms with van der Waals surface area (Å²) >= 11 is 1.67. The molecule has 168 valence electrons. The minimum absolute atomic E-state index is 0.0138. The summed E-state index contributed by atoms with van der Waals surface area (Å²) in [6.45, 7) is 7.71. The van der Waals surface area contributed by atoms with Crippen LogP contribution in [0.2, 0.25) is 0 Å². The summed E-state index contributed by atoms with van der Waals surface area (Å²) in [6, 6.07) is 7.52. The van der Waals surface area contributed by atoms with E-state index in [1.165, 1.54) is 17.0 Å². The van der Waals surface area contributed by atoms with Crippen LogP contribution in [-0.4, -0.2) is 54.5 Å². The number of rotatable bonds is 8. The van der Waals surface area contributed by atoms with E-state index in [1.807, 2.05) is 32.2 Å². The van der Waals surface area contributed by atoms with E-state index in [4.69, 9.17) is 4.74 Å². The maximum atomic E-state index is 13.5. The molecule has 2 heterocycles. The van der Waals surface area contributed by atoms with Gasteiger partial charge in [-0.2, -0.15) is 0 Å². The average Bonchev–Trinajstić information content (AvgIpc) is 3.20. The zero-order valence-electron chi connectivity index (χ0n) is 18.3. The molecule has 3 rings (SSSR count). The Labute approximate surface area is 187 Å². The van der Waals surface area contributed by atoms with E-state index in [9.17, 15) is 14.0 Å². The topological polar surface area (TPSA) is 61.9 Å². The number of ether oxygens (including phenoxy) is 1. The largest absolute Gasteiger partial charge is 0.491 e. The van der Waals surface area contributed by atoms with Crippen molar-refractivity contribution in [2.45, 2.75) is 33.2 Å². The van der Waals surface area contributed by atoms with Gasteiger partial charge in [0.25, 0.3) is 0 Å². The zero-order chi connectivity index (χ0) is 22.4. The maximum absolute atomic E-state index is 13.5. The van der Waals surface area contributed by atoms with Crippen molar-refractivity contribution >= 4 is 23.3 Å². The van der Waals surface area contributed by atoms with Gasteiger partial charge in [-0.25, -0.2) is 9.18 Å². The van der Waals surface area contributed by atoms with E-state index < -0.39 is 0 Å². The minimum Gasteiger partial charge on any atom is -0.491 e. The molecular formula is C23H30FN3O3S. The average molecular weight is 448 g/mol. The van der Waals surface area contributed by atoms with Gasteiger partial charge < -0.3 is 19.9 Å². The highest BCUT2D eigenvalue weighted by molar-refractivity contribution is 7.10. The molecule has 0 radical (unpaired) electrons. The molecule has 1 aromatic heterocycles. The van der Waals surface area contributed by atoms with Crippen LogP contribution >= 0.6 is 11.3 Å². The highest BCUT2D eigenvalue weighted by Gasteiger charge is 2.33. The van der Waals surface area contributed by atoms with Crippen LogP contribution in [0.3, 0.4) is 0 Å². The highest BCUT2D eigenvalue weighted by atomic mass is 32.1. The molecule has 1 aliphatic rings. The smallest absolute Gasteiger partial charge is 0.317 e. The number of nitrogens with one attached hydrogen (secondary N) is 1. The molecule has 0 spiro atoms. The molecule has 1 N–H and O–H groups in total. The van der Waals surface area contributed by atoms with Crippen molar-refractivity contribution in [2.24, 2.45) is 5.92 Å². The monoisotopic (exact) mass is 447 g/mol. The van der Waals surface area contributed by atoms with Crippen molar-refractivity contribution < 1.29 is 18.7 Å². The molecule has 0 bridgehead atoms. The number of hydrogen-bond donors (Lipinski definition) is 1.